The van der Waals surface area contributed by atoms with E-state index in [1.807, 2.05) is 51.1 Å². The van der Waals surface area contributed by atoms with E-state index in [9.17, 15) is 9.59 Å². The summed E-state index contributed by atoms with van der Waals surface area (Å²) in [6.45, 7) is 6.04. The number of benzene rings is 2. The van der Waals surface area contributed by atoms with Crippen molar-refractivity contribution in [2.75, 3.05) is 17.6 Å². The minimum Gasteiger partial charge on any atom is -0.346 e. The molecule has 4 nitrogen and oxygen atoms in total. The molecule has 2 N–H and O–H groups in total. The standard InChI is InChI=1S/C20H23BrN2O2S/c1-4-15-7-5-6-8-17(15)23-19(24)11-22-20(25)12-26-18-10-13(2)16(21)9-14(18)3/h5-10H,4,11-12H2,1-3H3,(H,22,25)(H,23,24). The molecule has 0 radical (unpaired) electrons. The fourth-order valence-corrected chi connectivity index (χ4v) is 3.82. The molecular formula is C20H23BrN2O2S. The number of carbonyl (C=O) groups is 2. The summed E-state index contributed by atoms with van der Waals surface area (Å²) in [5.74, 6) is -0.102. The van der Waals surface area contributed by atoms with Crippen LogP contribution in [0.5, 0.6) is 0 Å². The van der Waals surface area contributed by atoms with Crippen molar-refractivity contribution in [2.24, 2.45) is 0 Å². The second-order valence-corrected chi connectivity index (χ2v) is 7.86. The van der Waals surface area contributed by atoms with Crippen LogP contribution in [0.1, 0.15) is 23.6 Å². The number of anilines is 1. The zero-order valence-electron chi connectivity index (χ0n) is 15.2. The molecule has 0 aliphatic rings. The minimum absolute atomic E-state index is 0.0320. The van der Waals surface area contributed by atoms with E-state index in [-0.39, 0.29) is 24.1 Å². The molecule has 2 amide bonds. The highest BCUT2D eigenvalue weighted by Crippen LogP contribution is 2.28. The van der Waals surface area contributed by atoms with Crippen molar-refractivity contribution in [2.45, 2.75) is 32.1 Å². The molecule has 0 aliphatic heterocycles. The molecule has 0 saturated carbocycles. The lowest BCUT2D eigenvalue weighted by Gasteiger charge is -2.11. The Hall–Kier alpha value is -1.79. The summed E-state index contributed by atoms with van der Waals surface area (Å²) in [7, 11) is 0. The maximum absolute atomic E-state index is 12.1. The van der Waals surface area contributed by atoms with Gasteiger partial charge in [-0.05, 0) is 55.2 Å². The van der Waals surface area contributed by atoms with Crippen molar-refractivity contribution < 1.29 is 9.59 Å². The second kappa shape index (κ2) is 9.78. The van der Waals surface area contributed by atoms with Gasteiger partial charge in [0.15, 0.2) is 0 Å². The second-order valence-electron chi connectivity index (χ2n) is 5.99. The molecule has 0 saturated heterocycles. The number of carbonyl (C=O) groups excluding carboxylic acids is 2. The third kappa shape index (κ3) is 5.88. The molecule has 0 unspecified atom stereocenters. The highest BCUT2D eigenvalue weighted by Gasteiger charge is 2.10. The quantitative estimate of drug-likeness (QED) is 0.631. The number of hydrogen-bond donors (Lipinski definition) is 2. The first-order valence-corrected chi connectivity index (χ1v) is 10.2. The van der Waals surface area contributed by atoms with E-state index < -0.39 is 0 Å². The maximum atomic E-state index is 12.1. The summed E-state index contributed by atoms with van der Waals surface area (Å²) in [6.07, 6.45) is 0.839. The van der Waals surface area contributed by atoms with Gasteiger partial charge in [0.2, 0.25) is 11.8 Å². The molecular weight excluding hydrogens is 412 g/mol. The first kappa shape index (κ1) is 20.5. The zero-order chi connectivity index (χ0) is 19.1. The molecule has 0 atom stereocenters. The fourth-order valence-electron chi connectivity index (χ4n) is 2.43. The molecule has 6 heteroatoms. The van der Waals surface area contributed by atoms with Gasteiger partial charge in [0.25, 0.3) is 0 Å². The van der Waals surface area contributed by atoms with Crippen LogP contribution in [0.4, 0.5) is 5.69 Å². The van der Waals surface area contributed by atoms with Crippen molar-refractivity contribution >= 4 is 45.2 Å². The van der Waals surface area contributed by atoms with E-state index in [2.05, 4.69) is 32.6 Å². The van der Waals surface area contributed by atoms with Crippen LogP contribution in [0.25, 0.3) is 0 Å². The Bertz CT molecular complexity index is 808. The Morgan fingerprint density at radius 3 is 2.54 bits per heavy atom. The summed E-state index contributed by atoms with van der Waals surface area (Å²) in [4.78, 5) is 25.2. The van der Waals surface area contributed by atoms with Gasteiger partial charge in [-0.15, -0.1) is 11.8 Å². The predicted molar refractivity (Wildman–Crippen MR) is 112 cm³/mol. The normalized spacial score (nSPS) is 10.5. The zero-order valence-corrected chi connectivity index (χ0v) is 17.6. The van der Waals surface area contributed by atoms with Gasteiger partial charge in [0.05, 0.1) is 12.3 Å². The van der Waals surface area contributed by atoms with Crippen LogP contribution in [0.15, 0.2) is 45.8 Å². The van der Waals surface area contributed by atoms with E-state index in [0.717, 1.165) is 38.2 Å². The SMILES string of the molecule is CCc1ccccc1NC(=O)CNC(=O)CSc1cc(C)c(Br)cc1C. The van der Waals surface area contributed by atoms with Crippen LogP contribution in [-0.2, 0) is 16.0 Å². The molecule has 0 aliphatic carbocycles. The minimum atomic E-state index is -0.222. The van der Waals surface area contributed by atoms with Gasteiger partial charge in [-0.25, -0.2) is 0 Å². The summed E-state index contributed by atoms with van der Waals surface area (Å²) >= 11 is 4.98. The maximum Gasteiger partial charge on any atom is 0.243 e. The smallest absolute Gasteiger partial charge is 0.243 e. The lowest BCUT2D eigenvalue weighted by molar-refractivity contribution is -0.122. The Kier molecular flexibility index (Phi) is 7.72. The van der Waals surface area contributed by atoms with Crippen molar-refractivity contribution in [1.82, 2.24) is 5.32 Å². The number of thioether (sulfide) groups is 1. The average Bonchev–Trinajstić information content (AvgIpc) is 2.62. The number of para-hydroxylation sites is 1. The van der Waals surface area contributed by atoms with Gasteiger partial charge in [0, 0.05) is 15.1 Å². The fraction of sp³-hybridized carbons (Fsp3) is 0.300. The Morgan fingerprint density at radius 2 is 1.81 bits per heavy atom. The van der Waals surface area contributed by atoms with E-state index in [4.69, 9.17) is 0 Å². The van der Waals surface area contributed by atoms with Gasteiger partial charge in [0.1, 0.15) is 0 Å². The lowest BCUT2D eigenvalue weighted by Crippen LogP contribution is -2.34. The Labute approximate surface area is 167 Å². The van der Waals surface area contributed by atoms with E-state index in [0.29, 0.717) is 0 Å². The molecule has 0 spiro atoms. The molecule has 2 aromatic carbocycles. The molecule has 0 fully saturated rings. The first-order valence-electron chi connectivity index (χ1n) is 8.44. The molecule has 0 bridgehead atoms. The van der Waals surface area contributed by atoms with E-state index in [1.165, 1.54) is 11.8 Å². The molecule has 2 rings (SSSR count). The molecule has 138 valence electrons. The summed E-state index contributed by atoms with van der Waals surface area (Å²) in [5.41, 5.74) is 4.12. The number of aryl methyl sites for hydroxylation is 3. The number of hydrogen-bond acceptors (Lipinski definition) is 3. The summed E-state index contributed by atoms with van der Waals surface area (Å²) in [5, 5.41) is 5.52. The largest absolute Gasteiger partial charge is 0.346 e. The summed E-state index contributed by atoms with van der Waals surface area (Å²) in [6, 6.07) is 11.8. The van der Waals surface area contributed by atoms with Crippen LogP contribution >= 0.6 is 27.7 Å². The topological polar surface area (TPSA) is 58.2 Å². The highest BCUT2D eigenvalue weighted by atomic mass is 79.9. The number of amides is 2. The number of halogens is 1. The third-order valence-corrected chi connectivity index (χ3v) is 5.95. The van der Waals surface area contributed by atoms with Crippen LogP contribution in [0.3, 0.4) is 0 Å². The van der Waals surface area contributed by atoms with Gasteiger partial charge in [-0.1, -0.05) is 41.1 Å². The molecule has 2 aromatic rings. The van der Waals surface area contributed by atoms with Crippen LogP contribution in [0.2, 0.25) is 0 Å². The number of nitrogens with one attached hydrogen (secondary N) is 2. The van der Waals surface area contributed by atoms with E-state index >= 15 is 0 Å². The van der Waals surface area contributed by atoms with Crippen molar-refractivity contribution in [3.8, 4) is 0 Å². The van der Waals surface area contributed by atoms with Crippen molar-refractivity contribution in [1.29, 1.82) is 0 Å². The highest BCUT2D eigenvalue weighted by molar-refractivity contribution is 9.10. The molecule has 0 heterocycles. The third-order valence-electron chi connectivity index (χ3n) is 3.93. The van der Waals surface area contributed by atoms with Gasteiger partial charge in [-0.2, -0.15) is 0 Å². The van der Waals surface area contributed by atoms with Crippen molar-refractivity contribution in [3.63, 3.8) is 0 Å². The summed E-state index contributed by atoms with van der Waals surface area (Å²) < 4.78 is 1.06. The average molecular weight is 435 g/mol. The van der Waals surface area contributed by atoms with Crippen LogP contribution < -0.4 is 10.6 Å². The van der Waals surface area contributed by atoms with Crippen molar-refractivity contribution in [3.05, 3.63) is 57.6 Å². The lowest BCUT2D eigenvalue weighted by atomic mass is 10.1. The van der Waals surface area contributed by atoms with Gasteiger partial charge >= 0.3 is 0 Å². The van der Waals surface area contributed by atoms with Gasteiger partial charge < -0.3 is 10.6 Å². The Morgan fingerprint density at radius 1 is 1.08 bits per heavy atom. The predicted octanol–water partition coefficient (Wildman–Crippen LogP) is 4.48. The van der Waals surface area contributed by atoms with E-state index in [1.54, 1.807) is 0 Å². The monoisotopic (exact) mass is 434 g/mol. The van der Waals surface area contributed by atoms with Crippen LogP contribution in [0, 0.1) is 13.8 Å². The number of rotatable bonds is 7. The molecule has 0 aromatic heterocycles. The first-order chi connectivity index (χ1) is 12.4. The van der Waals surface area contributed by atoms with Crippen LogP contribution in [-0.4, -0.2) is 24.1 Å². The molecule has 26 heavy (non-hydrogen) atoms. The Balaban J connectivity index is 1.81. The van der Waals surface area contributed by atoms with Gasteiger partial charge in [-0.3, -0.25) is 9.59 Å².